The number of nitrogens with zero attached hydrogens (tertiary/aromatic N) is 1. The Morgan fingerprint density at radius 1 is 1.00 bits per heavy atom. The molecule has 2 heterocycles. The number of rotatable bonds is 7. The lowest BCUT2D eigenvalue weighted by Gasteiger charge is -2.05. The number of ketones is 1. The molecule has 1 aromatic carbocycles. The van der Waals surface area contributed by atoms with Gasteiger partial charge in [0.1, 0.15) is 17.0 Å². The quantitative estimate of drug-likeness (QED) is 0.466. The zero-order valence-electron chi connectivity index (χ0n) is 17.2. The fourth-order valence-corrected chi connectivity index (χ4v) is 3.22. The summed E-state index contributed by atoms with van der Waals surface area (Å²) in [7, 11) is 0. The smallest absolute Gasteiger partial charge is 0.344 e. The number of aryl methyl sites for hydroxylation is 2. The summed E-state index contributed by atoms with van der Waals surface area (Å²) in [5.74, 6) is -1.39. The highest BCUT2D eigenvalue weighted by molar-refractivity contribution is 6.04. The van der Waals surface area contributed by atoms with E-state index in [0.717, 1.165) is 0 Å². The molecular formula is C22H22N2O6. The number of hydrogen-bond donors (Lipinski definition) is 1. The first-order valence-corrected chi connectivity index (χ1v) is 9.43. The van der Waals surface area contributed by atoms with Crippen molar-refractivity contribution in [1.82, 2.24) is 10.1 Å². The lowest BCUT2D eigenvalue weighted by atomic mass is 10.1. The Bertz CT molecular complexity index is 1090. The number of carbonyl (C=O) groups is 3. The molecule has 0 aliphatic rings. The van der Waals surface area contributed by atoms with Crippen LogP contribution in [0.1, 0.15) is 55.1 Å². The summed E-state index contributed by atoms with van der Waals surface area (Å²) >= 11 is 0. The van der Waals surface area contributed by atoms with Crippen molar-refractivity contribution in [3.8, 4) is 11.3 Å². The first kappa shape index (κ1) is 21.0. The average molecular weight is 410 g/mol. The summed E-state index contributed by atoms with van der Waals surface area (Å²) in [6.45, 7) is 6.35. The molecule has 3 rings (SSSR count). The molecule has 0 aliphatic heterocycles. The summed E-state index contributed by atoms with van der Waals surface area (Å²) in [6.07, 6.45) is 0. The largest absolute Gasteiger partial charge is 0.462 e. The number of benzene rings is 1. The fraction of sp³-hybridized carbons (Fsp3) is 0.273. The van der Waals surface area contributed by atoms with Gasteiger partial charge in [0.05, 0.1) is 17.9 Å². The first-order valence-electron chi connectivity index (χ1n) is 9.43. The Labute approximate surface area is 173 Å². The van der Waals surface area contributed by atoms with Gasteiger partial charge in [0.2, 0.25) is 5.78 Å². The summed E-state index contributed by atoms with van der Waals surface area (Å²) in [6, 6.07) is 9.06. The van der Waals surface area contributed by atoms with Gasteiger partial charge >= 0.3 is 11.9 Å². The molecule has 0 aliphatic carbocycles. The Morgan fingerprint density at radius 2 is 1.67 bits per heavy atom. The third-order valence-corrected chi connectivity index (χ3v) is 4.64. The Balaban J connectivity index is 1.77. The van der Waals surface area contributed by atoms with Crippen LogP contribution in [0.3, 0.4) is 0 Å². The van der Waals surface area contributed by atoms with E-state index in [1.165, 1.54) is 0 Å². The Hall–Kier alpha value is -3.68. The minimum absolute atomic E-state index is 0.167. The van der Waals surface area contributed by atoms with Crippen molar-refractivity contribution < 1.29 is 28.4 Å². The molecule has 0 unspecified atom stereocenters. The van der Waals surface area contributed by atoms with Crippen molar-refractivity contribution in [3.05, 3.63) is 64.2 Å². The molecule has 8 heteroatoms. The van der Waals surface area contributed by atoms with Gasteiger partial charge in [0, 0.05) is 11.3 Å². The van der Waals surface area contributed by atoms with Crippen LogP contribution in [-0.4, -0.2) is 41.1 Å². The molecule has 0 saturated heterocycles. The lowest BCUT2D eigenvalue weighted by Crippen LogP contribution is -2.16. The van der Waals surface area contributed by atoms with Gasteiger partial charge in [0.25, 0.3) is 0 Å². The molecule has 30 heavy (non-hydrogen) atoms. The summed E-state index contributed by atoms with van der Waals surface area (Å²) in [4.78, 5) is 40.3. The van der Waals surface area contributed by atoms with Crippen molar-refractivity contribution in [2.75, 3.05) is 13.2 Å². The molecule has 2 aromatic heterocycles. The molecule has 0 spiro atoms. The van der Waals surface area contributed by atoms with Crippen LogP contribution >= 0.6 is 0 Å². The first-order chi connectivity index (χ1) is 14.3. The second kappa shape index (κ2) is 8.77. The monoisotopic (exact) mass is 410 g/mol. The zero-order chi connectivity index (χ0) is 21.8. The van der Waals surface area contributed by atoms with E-state index in [4.69, 9.17) is 14.0 Å². The molecule has 156 valence electrons. The normalized spacial score (nSPS) is 10.7. The predicted molar refractivity (Wildman–Crippen MR) is 108 cm³/mol. The third-order valence-electron chi connectivity index (χ3n) is 4.64. The van der Waals surface area contributed by atoms with Crippen LogP contribution < -0.4 is 0 Å². The van der Waals surface area contributed by atoms with Crippen LogP contribution in [0.2, 0.25) is 0 Å². The van der Waals surface area contributed by atoms with Crippen molar-refractivity contribution in [2.24, 2.45) is 0 Å². The fourth-order valence-electron chi connectivity index (χ4n) is 3.22. The Morgan fingerprint density at radius 3 is 2.33 bits per heavy atom. The second-order valence-electron chi connectivity index (χ2n) is 6.67. The van der Waals surface area contributed by atoms with Crippen molar-refractivity contribution in [2.45, 2.75) is 27.7 Å². The SMILES string of the molecule is CCOC(=O)c1c(C)[nH]c(C(=O)COC(=O)c2c(-c3ccccc3)noc2C)c1C. The van der Waals surface area contributed by atoms with E-state index in [-0.39, 0.29) is 17.9 Å². The average Bonchev–Trinajstić information content (AvgIpc) is 3.26. The van der Waals surface area contributed by atoms with Crippen LogP contribution in [0.25, 0.3) is 11.3 Å². The highest BCUT2D eigenvalue weighted by Crippen LogP contribution is 2.26. The van der Waals surface area contributed by atoms with E-state index < -0.39 is 24.3 Å². The van der Waals surface area contributed by atoms with E-state index in [1.54, 1.807) is 39.8 Å². The molecule has 0 saturated carbocycles. The number of aromatic nitrogens is 2. The van der Waals surface area contributed by atoms with E-state index in [9.17, 15) is 14.4 Å². The molecule has 3 aromatic rings. The number of esters is 2. The van der Waals surface area contributed by atoms with Crippen LogP contribution in [-0.2, 0) is 9.47 Å². The van der Waals surface area contributed by atoms with Gasteiger partial charge in [-0.2, -0.15) is 0 Å². The van der Waals surface area contributed by atoms with Gasteiger partial charge in [-0.05, 0) is 33.3 Å². The molecule has 0 atom stereocenters. The number of H-pyrrole nitrogens is 1. The van der Waals surface area contributed by atoms with Crippen LogP contribution in [0, 0.1) is 20.8 Å². The number of hydrogen-bond acceptors (Lipinski definition) is 7. The molecule has 1 N–H and O–H groups in total. The maximum Gasteiger partial charge on any atom is 0.344 e. The topological polar surface area (TPSA) is 111 Å². The standard InChI is InChI=1S/C22H22N2O6/c1-5-28-21(26)17-12(2)19(23-13(17)3)16(25)11-29-22(27)18-14(4)30-24-20(18)15-9-7-6-8-10-15/h6-10,23H,5,11H2,1-4H3. The number of carbonyl (C=O) groups excluding carboxylic acids is 3. The highest BCUT2D eigenvalue weighted by atomic mass is 16.5. The lowest BCUT2D eigenvalue weighted by molar-refractivity contribution is 0.0471. The number of Topliss-reactive ketones (excluding diaryl/α,β-unsaturated/α-hetero) is 1. The summed E-state index contributed by atoms with van der Waals surface area (Å²) in [5.41, 5.74) is 2.70. The van der Waals surface area contributed by atoms with Crippen LogP contribution in [0.5, 0.6) is 0 Å². The second-order valence-corrected chi connectivity index (χ2v) is 6.67. The van der Waals surface area contributed by atoms with Crippen molar-refractivity contribution in [1.29, 1.82) is 0 Å². The molecule has 0 radical (unpaired) electrons. The Kier molecular flexibility index (Phi) is 6.15. The van der Waals surface area contributed by atoms with E-state index >= 15 is 0 Å². The van der Waals surface area contributed by atoms with Gasteiger partial charge < -0.3 is 19.0 Å². The van der Waals surface area contributed by atoms with Gasteiger partial charge in [-0.15, -0.1) is 0 Å². The van der Waals surface area contributed by atoms with Gasteiger partial charge in [0.15, 0.2) is 6.61 Å². The summed E-state index contributed by atoms with van der Waals surface area (Å²) < 4.78 is 15.4. The minimum atomic E-state index is -0.715. The summed E-state index contributed by atoms with van der Waals surface area (Å²) in [5, 5.41) is 3.94. The van der Waals surface area contributed by atoms with E-state index in [2.05, 4.69) is 10.1 Å². The molecular weight excluding hydrogens is 388 g/mol. The van der Waals surface area contributed by atoms with Gasteiger partial charge in [-0.1, -0.05) is 35.5 Å². The predicted octanol–water partition coefficient (Wildman–Crippen LogP) is 3.81. The minimum Gasteiger partial charge on any atom is -0.462 e. The molecule has 0 bridgehead atoms. The number of ether oxygens (including phenoxy) is 2. The molecule has 8 nitrogen and oxygen atoms in total. The maximum absolute atomic E-state index is 12.6. The highest BCUT2D eigenvalue weighted by Gasteiger charge is 2.26. The van der Waals surface area contributed by atoms with E-state index in [1.807, 2.05) is 18.2 Å². The molecule has 0 fully saturated rings. The van der Waals surface area contributed by atoms with Crippen molar-refractivity contribution in [3.63, 3.8) is 0 Å². The van der Waals surface area contributed by atoms with E-state index in [0.29, 0.717) is 33.8 Å². The maximum atomic E-state index is 12.6. The van der Waals surface area contributed by atoms with Gasteiger partial charge in [-0.3, -0.25) is 4.79 Å². The van der Waals surface area contributed by atoms with Gasteiger partial charge in [-0.25, -0.2) is 9.59 Å². The number of nitrogens with one attached hydrogen (secondary N) is 1. The number of aromatic amines is 1. The van der Waals surface area contributed by atoms with Crippen LogP contribution in [0.4, 0.5) is 0 Å². The van der Waals surface area contributed by atoms with Crippen molar-refractivity contribution >= 4 is 17.7 Å². The molecule has 0 amide bonds. The third kappa shape index (κ3) is 4.03. The van der Waals surface area contributed by atoms with Crippen LogP contribution in [0.15, 0.2) is 34.9 Å². The zero-order valence-corrected chi connectivity index (χ0v) is 17.2.